The lowest BCUT2D eigenvalue weighted by atomic mass is 9.94. The van der Waals surface area contributed by atoms with Gasteiger partial charge in [-0.2, -0.15) is 0 Å². The molecule has 2 N–H and O–H groups in total. The minimum Gasteiger partial charge on any atom is -0.481 e. The first kappa shape index (κ1) is 15.2. The number of aliphatic carboxylic acids is 1. The van der Waals surface area contributed by atoms with Crippen LogP contribution < -0.4 is 5.32 Å². The fraction of sp³-hybridized carbons (Fsp3) is 0.467. The van der Waals surface area contributed by atoms with Crippen LogP contribution in [0.25, 0.3) is 0 Å². The Labute approximate surface area is 113 Å². The normalized spacial score (nSPS) is 11.9. The van der Waals surface area contributed by atoms with Crippen LogP contribution in [0.5, 0.6) is 0 Å². The van der Waals surface area contributed by atoms with Gasteiger partial charge in [0, 0.05) is 19.4 Å². The Kier molecular flexibility index (Phi) is 5.55. The standard InChI is InChI=1S/C15H21NO3/c1-10-5-4-6-11(2)14(10)9-13(16-12(3)17)7-8-15(18)19/h4-6,13H,7-9H2,1-3H3,(H,16,17)(H,18,19). The largest absolute Gasteiger partial charge is 0.481 e. The lowest BCUT2D eigenvalue weighted by molar-refractivity contribution is -0.137. The minimum absolute atomic E-state index is 0.0654. The summed E-state index contributed by atoms with van der Waals surface area (Å²) >= 11 is 0. The van der Waals surface area contributed by atoms with E-state index in [1.807, 2.05) is 32.0 Å². The number of hydrogen-bond donors (Lipinski definition) is 2. The predicted octanol–water partition coefficient (Wildman–Crippen LogP) is 2.22. The van der Waals surface area contributed by atoms with Crippen LogP contribution in [0.1, 0.15) is 36.5 Å². The van der Waals surface area contributed by atoms with Crippen molar-refractivity contribution >= 4 is 11.9 Å². The molecule has 104 valence electrons. The van der Waals surface area contributed by atoms with Gasteiger partial charge in [-0.25, -0.2) is 0 Å². The maximum absolute atomic E-state index is 11.2. The van der Waals surface area contributed by atoms with Crippen LogP contribution in [0.4, 0.5) is 0 Å². The van der Waals surface area contributed by atoms with E-state index in [9.17, 15) is 9.59 Å². The van der Waals surface area contributed by atoms with Gasteiger partial charge in [0.25, 0.3) is 0 Å². The van der Waals surface area contributed by atoms with Crippen LogP contribution >= 0.6 is 0 Å². The van der Waals surface area contributed by atoms with E-state index in [-0.39, 0.29) is 18.4 Å². The Morgan fingerprint density at radius 3 is 2.32 bits per heavy atom. The topological polar surface area (TPSA) is 66.4 Å². The number of hydrogen-bond acceptors (Lipinski definition) is 2. The molecular formula is C15H21NO3. The Morgan fingerprint density at radius 2 is 1.84 bits per heavy atom. The molecule has 0 aromatic heterocycles. The number of carboxylic acids is 1. The van der Waals surface area contributed by atoms with Gasteiger partial charge in [0.2, 0.25) is 5.91 Å². The van der Waals surface area contributed by atoms with E-state index in [4.69, 9.17) is 5.11 Å². The molecule has 19 heavy (non-hydrogen) atoms. The number of nitrogens with one attached hydrogen (secondary N) is 1. The molecule has 1 rings (SSSR count). The summed E-state index contributed by atoms with van der Waals surface area (Å²) in [6.07, 6.45) is 1.18. The van der Waals surface area contributed by atoms with Crippen molar-refractivity contribution in [3.8, 4) is 0 Å². The molecule has 1 unspecified atom stereocenters. The maximum Gasteiger partial charge on any atom is 0.303 e. The van der Waals surface area contributed by atoms with Crippen molar-refractivity contribution in [1.29, 1.82) is 0 Å². The van der Waals surface area contributed by atoms with E-state index >= 15 is 0 Å². The number of carboxylic acid groups (broad SMARTS) is 1. The SMILES string of the molecule is CC(=O)NC(CCC(=O)O)Cc1c(C)cccc1C. The molecule has 0 aliphatic rings. The van der Waals surface area contributed by atoms with Gasteiger partial charge < -0.3 is 10.4 Å². The molecule has 0 bridgehead atoms. The minimum atomic E-state index is -0.836. The fourth-order valence-electron chi connectivity index (χ4n) is 2.23. The number of carbonyl (C=O) groups is 2. The second-order valence-electron chi connectivity index (χ2n) is 4.90. The monoisotopic (exact) mass is 263 g/mol. The van der Waals surface area contributed by atoms with Gasteiger partial charge in [0.1, 0.15) is 0 Å². The molecule has 0 heterocycles. The van der Waals surface area contributed by atoms with Crippen molar-refractivity contribution in [3.63, 3.8) is 0 Å². The van der Waals surface area contributed by atoms with Crippen LogP contribution in [-0.4, -0.2) is 23.0 Å². The molecule has 1 aromatic rings. The first-order chi connectivity index (χ1) is 8.90. The number of rotatable bonds is 6. The zero-order valence-corrected chi connectivity index (χ0v) is 11.7. The van der Waals surface area contributed by atoms with E-state index in [1.165, 1.54) is 23.6 Å². The summed E-state index contributed by atoms with van der Waals surface area (Å²) < 4.78 is 0. The Balaban J connectivity index is 2.81. The molecule has 0 spiro atoms. The fourth-order valence-corrected chi connectivity index (χ4v) is 2.23. The number of aryl methyl sites for hydroxylation is 2. The molecule has 0 fully saturated rings. The van der Waals surface area contributed by atoms with Gasteiger partial charge in [-0.15, -0.1) is 0 Å². The Hall–Kier alpha value is -1.84. The second-order valence-corrected chi connectivity index (χ2v) is 4.90. The highest BCUT2D eigenvalue weighted by Gasteiger charge is 2.15. The molecule has 1 amide bonds. The zero-order chi connectivity index (χ0) is 14.4. The lowest BCUT2D eigenvalue weighted by Crippen LogP contribution is -2.35. The van der Waals surface area contributed by atoms with E-state index in [1.54, 1.807) is 0 Å². The van der Waals surface area contributed by atoms with E-state index < -0.39 is 5.97 Å². The Bertz CT molecular complexity index is 448. The maximum atomic E-state index is 11.2. The summed E-state index contributed by atoms with van der Waals surface area (Å²) in [5, 5.41) is 11.6. The van der Waals surface area contributed by atoms with Crippen LogP contribution in [-0.2, 0) is 16.0 Å². The van der Waals surface area contributed by atoms with Crippen LogP contribution in [0.3, 0.4) is 0 Å². The molecule has 1 aromatic carbocycles. The van der Waals surface area contributed by atoms with E-state index in [2.05, 4.69) is 5.32 Å². The van der Waals surface area contributed by atoms with Crippen molar-refractivity contribution < 1.29 is 14.7 Å². The van der Waals surface area contributed by atoms with E-state index in [0.717, 1.165) is 0 Å². The quantitative estimate of drug-likeness (QED) is 0.827. The third-order valence-electron chi connectivity index (χ3n) is 3.21. The molecule has 0 saturated heterocycles. The number of amides is 1. The highest BCUT2D eigenvalue weighted by atomic mass is 16.4. The second kappa shape index (κ2) is 6.92. The molecular weight excluding hydrogens is 242 g/mol. The van der Waals surface area contributed by atoms with E-state index in [0.29, 0.717) is 12.8 Å². The molecule has 4 heteroatoms. The third kappa shape index (κ3) is 5.12. The molecule has 0 radical (unpaired) electrons. The highest BCUT2D eigenvalue weighted by Crippen LogP contribution is 2.17. The zero-order valence-electron chi connectivity index (χ0n) is 11.7. The van der Waals surface area contributed by atoms with Crippen molar-refractivity contribution in [2.45, 2.75) is 46.1 Å². The predicted molar refractivity (Wildman–Crippen MR) is 74.1 cm³/mol. The van der Waals surface area contributed by atoms with Gasteiger partial charge in [-0.05, 0) is 43.4 Å². The summed E-state index contributed by atoms with van der Waals surface area (Å²) in [6.45, 7) is 5.52. The van der Waals surface area contributed by atoms with Crippen molar-refractivity contribution in [2.24, 2.45) is 0 Å². The van der Waals surface area contributed by atoms with Crippen molar-refractivity contribution in [2.75, 3.05) is 0 Å². The van der Waals surface area contributed by atoms with Gasteiger partial charge in [-0.1, -0.05) is 18.2 Å². The van der Waals surface area contributed by atoms with Crippen LogP contribution in [0, 0.1) is 13.8 Å². The first-order valence-electron chi connectivity index (χ1n) is 6.44. The van der Waals surface area contributed by atoms with Crippen LogP contribution in [0.15, 0.2) is 18.2 Å². The molecule has 0 saturated carbocycles. The molecule has 0 aliphatic heterocycles. The summed E-state index contributed by atoms with van der Waals surface area (Å²) in [5.41, 5.74) is 3.53. The smallest absolute Gasteiger partial charge is 0.303 e. The van der Waals surface area contributed by atoms with Crippen LogP contribution in [0.2, 0.25) is 0 Å². The number of carbonyl (C=O) groups excluding carboxylic acids is 1. The Morgan fingerprint density at radius 1 is 1.26 bits per heavy atom. The van der Waals surface area contributed by atoms with Gasteiger partial charge in [-0.3, -0.25) is 9.59 Å². The number of benzene rings is 1. The molecule has 1 atom stereocenters. The summed E-state index contributed by atoms with van der Waals surface area (Å²) in [5.74, 6) is -0.960. The average Bonchev–Trinajstić information content (AvgIpc) is 2.30. The first-order valence-corrected chi connectivity index (χ1v) is 6.44. The van der Waals surface area contributed by atoms with Crippen molar-refractivity contribution in [3.05, 3.63) is 34.9 Å². The molecule has 0 aliphatic carbocycles. The van der Waals surface area contributed by atoms with Crippen molar-refractivity contribution in [1.82, 2.24) is 5.32 Å². The average molecular weight is 263 g/mol. The van der Waals surface area contributed by atoms with Gasteiger partial charge >= 0.3 is 5.97 Å². The summed E-state index contributed by atoms with van der Waals surface area (Å²) in [4.78, 5) is 21.9. The lowest BCUT2D eigenvalue weighted by Gasteiger charge is -2.19. The van der Waals surface area contributed by atoms with Gasteiger partial charge in [0.15, 0.2) is 0 Å². The summed E-state index contributed by atoms with van der Waals surface area (Å²) in [7, 11) is 0. The molecule has 4 nitrogen and oxygen atoms in total. The van der Waals surface area contributed by atoms with Gasteiger partial charge in [0.05, 0.1) is 0 Å². The summed E-state index contributed by atoms with van der Waals surface area (Å²) in [6, 6.07) is 5.93. The highest BCUT2D eigenvalue weighted by molar-refractivity contribution is 5.73. The third-order valence-corrected chi connectivity index (χ3v) is 3.21.